The van der Waals surface area contributed by atoms with Gasteiger partial charge in [0.2, 0.25) is 0 Å². The van der Waals surface area contributed by atoms with E-state index in [0.29, 0.717) is 0 Å². The molecule has 1 nitrogen and oxygen atoms in total. The molecule has 0 saturated carbocycles. The Kier molecular flexibility index (Phi) is 4.26. The first kappa shape index (κ1) is 14.0. The van der Waals surface area contributed by atoms with Crippen molar-refractivity contribution < 1.29 is 4.79 Å². The zero-order valence-electron chi connectivity index (χ0n) is 12.1. The van der Waals surface area contributed by atoms with E-state index < -0.39 is 0 Å². The Morgan fingerprint density at radius 3 is 2.00 bits per heavy atom. The highest BCUT2D eigenvalue weighted by Gasteiger charge is 2.07. The molecule has 0 fully saturated rings. The largest absolute Gasteiger partial charge is 0.298 e. The van der Waals surface area contributed by atoms with E-state index in [0.717, 1.165) is 34.1 Å². The van der Waals surface area contributed by atoms with Gasteiger partial charge in [-0.15, -0.1) is 0 Å². The first-order valence-corrected chi connectivity index (χ1v) is 7.25. The minimum atomic E-state index is 0.723. The fraction of sp³-hybridized carbons (Fsp3) is 0. The molecule has 0 bridgehead atoms. The highest BCUT2D eigenvalue weighted by molar-refractivity contribution is 5.93. The van der Waals surface area contributed by atoms with E-state index in [4.69, 9.17) is 0 Å². The number of carbonyl (C=O) groups excluding carboxylic acids is 1. The predicted molar refractivity (Wildman–Crippen MR) is 92.6 cm³/mol. The van der Waals surface area contributed by atoms with Crippen LogP contribution in [0.5, 0.6) is 0 Å². The summed E-state index contributed by atoms with van der Waals surface area (Å²) >= 11 is 0. The van der Waals surface area contributed by atoms with Gasteiger partial charge in [0.1, 0.15) is 0 Å². The predicted octanol–water partition coefficient (Wildman–Crippen LogP) is 5.34. The first-order chi connectivity index (χ1) is 10.9. The van der Waals surface area contributed by atoms with Crippen molar-refractivity contribution in [3.8, 4) is 11.1 Å². The van der Waals surface area contributed by atoms with Gasteiger partial charge in [-0.3, -0.25) is 4.79 Å². The van der Waals surface area contributed by atoms with Crippen LogP contribution in [0.25, 0.3) is 23.3 Å². The molecule has 22 heavy (non-hydrogen) atoms. The van der Waals surface area contributed by atoms with Gasteiger partial charge in [0, 0.05) is 5.56 Å². The smallest absolute Gasteiger partial charge is 0.151 e. The average Bonchev–Trinajstić information content (AvgIpc) is 2.61. The molecule has 0 aliphatic carbocycles. The summed E-state index contributed by atoms with van der Waals surface area (Å²) in [5, 5.41) is 0. The lowest BCUT2D eigenvalue weighted by Gasteiger charge is -2.08. The molecule has 3 aromatic carbocycles. The van der Waals surface area contributed by atoms with Crippen LogP contribution in [-0.4, -0.2) is 6.29 Å². The molecule has 0 radical (unpaired) electrons. The summed E-state index contributed by atoms with van der Waals surface area (Å²) in [6.45, 7) is 0. The molecule has 0 unspecified atom stereocenters. The lowest BCUT2D eigenvalue weighted by molar-refractivity contribution is 0.112. The van der Waals surface area contributed by atoms with Crippen LogP contribution in [0.2, 0.25) is 0 Å². The first-order valence-electron chi connectivity index (χ1n) is 7.25. The molecule has 1 heteroatoms. The van der Waals surface area contributed by atoms with Gasteiger partial charge < -0.3 is 0 Å². The summed E-state index contributed by atoms with van der Waals surface area (Å²) < 4.78 is 0. The molecule has 0 N–H and O–H groups in total. The molecular formula is C21H16O. The molecule has 3 rings (SSSR count). The van der Waals surface area contributed by atoms with Gasteiger partial charge in [-0.05, 0) is 22.3 Å². The van der Waals surface area contributed by atoms with Crippen molar-refractivity contribution in [2.75, 3.05) is 0 Å². The fourth-order valence-corrected chi connectivity index (χ4v) is 2.48. The van der Waals surface area contributed by atoms with Gasteiger partial charge in [0.25, 0.3) is 0 Å². The average molecular weight is 284 g/mol. The maximum absolute atomic E-state index is 11.6. The van der Waals surface area contributed by atoms with Gasteiger partial charge in [-0.1, -0.05) is 91.0 Å². The quantitative estimate of drug-likeness (QED) is 0.467. The van der Waals surface area contributed by atoms with Crippen LogP contribution in [0.15, 0.2) is 78.9 Å². The molecule has 0 aromatic heterocycles. The minimum Gasteiger partial charge on any atom is -0.298 e. The van der Waals surface area contributed by atoms with E-state index >= 15 is 0 Å². The second-order valence-electron chi connectivity index (χ2n) is 5.04. The van der Waals surface area contributed by atoms with Gasteiger partial charge in [0.05, 0.1) is 0 Å². The third-order valence-electron chi connectivity index (χ3n) is 3.60. The van der Waals surface area contributed by atoms with Crippen molar-refractivity contribution in [1.82, 2.24) is 0 Å². The molecule has 0 atom stereocenters. The normalized spacial score (nSPS) is 10.7. The lowest BCUT2D eigenvalue weighted by Crippen LogP contribution is -1.91. The molecule has 0 heterocycles. The van der Waals surface area contributed by atoms with E-state index in [1.807, 2.05) is 91.0 Å². The summed E-state index contributed by atoms with van der Waals surface area (Å²) in [5.74, 6) is 0. The standard InChI is InChI=1S/C21H16O/c22-16-21-19(15-14-17-8-3-1-4-9-17)12-7-13-20(21)18-10-5-2-6-11-18/h1-16H/b15-14+. The third kappa shape index (κ3) is 3.04. The highest BCUT2D eigenvalue weighted by atomic mass is 16.1. The number of benzene rings is 3. The van der Waals surface area contributed by atoms with Crippen LogP contribution in [0, 0.1) is 0 Å². The van der Waals surface area contributed by atoms with Gasteiger partial charge in [-0.25, -0.2) is 0 Å². The minimum absolute atomic E-state index is 0.723. The highest BCUT2D eigenvalue weighted by Crippen LogP contribution is 2.26. The number of hydrogen-bond donors (Lipinski definition) is 0. The maximum Gasteiger partial charge on any atom is 0.151 e. The molecule has 0 saturated heterocycles. The molecule has 0 aliphatic rings. The van der Waals surface area contributed by atoms with Gasteiger partial charge >= 0.3 is 0 Å². The second-order valence-corrected chi connectivity index (χ2v) is 5.04. The Morgan fingerprint density at radius 2 is 1.32 bits per heavy atom. The van der Waals surface area contributed by atoms with E-state index in [1.165, 1.54) is 0 Å². The Labute approximate surface area is 130 Å². The lowest BCUT2D eigenvalue weighted by atomic mass is 9.95. The van der Waals surface area contributed by atoms with E-state index in [2.05, 4.69) is 0 Å². The van der Waals surface area contributed by atoms with E-state index in [9.17, 15) is 4.79 Å². The van der Waals surface area contributed by atoms with E-state index in [-0.39, 0.29) is 0 Å². The summed E-state index contributed by atoms with van der Waals surface area (Å²) in [5.41, 5.74) is 4.79. The van der Waals surface area contributed by atoms with E-state index in [1.54, 1.807) is 0 Å². The number of aldehydes is 1. The maximum atomic E-state index is 11.6. The van der Waals surface area contributed by atoms with Crippen LogP contribution in [-0.2, 0) is 0 Å². The zero-order valence-corrected chi connectivity index (χ0v) is 12.1. The Hall–Kier alpha value is -2.93. The Balaban J connectivity index is 2.03. The van der Waals surface area contributed by atoms with Crippen molar-refractivity contribution in [3.05, 3.63) is 95.6 Å². The van der Waals surface area contributed by atoms with Crippen molar-refractivity contribution in [2.45, 2.75) is 0 Å². The second kappa shape index (κ2) is 6.68. The van der Waals surface area contributed by atoms with Crippen molar-refractivity contribution in [3.63, 3.8) is 0 Å². The summed E-state index contributed by atoms with van der Waals surface area (Å²) in [7, 11) is 0. The van der Waals surface area contributed by atoms with Crippen LogP contribution in [0.3, 0.4) is 0 Å². The van der Waals surface area contributed by atoms with Crippen molar-refractivity contribution in [2.24, 2.45) is 0 Å². The van der Waals surface area contributed by atoms with Gasteiger partial charge in [0.15, 0.2) is 6.29 Å². The third-order valence-corrected chi connectivity index (χ3v) is 3.60. The molecule has 0 spiro atoms. The molecule has 3 aromatic rings. The monoisotopic (exact) mass is 284 g/mol. The zero-order chi connectivity index (χ0) is 15.2. The van der Waals surface area contributed by atoms with Gasteiger partial charge in [-0.2, -0.15) is 0 Å². The summed E-state index contributed by atoms with van der Waals surface area (Å²) in [4.78, 5) is 11.6. The topological polar surface area (TPSA) is 17.1 Å². The van der Waals surface area contributed by atoms with Crippen LogP contribution < -0.4 is 0 Å². The van der Waals surface area contributed by atoms with Crippen LogP contribution in [0.4, 0.5) is 0 Å². The summed E-state index contributed by atoms with van der Waals surface area (Å²) in [6, 6.07) is 26.0. The number of carbonyl (C=O) groups is 1. The van der Waals surface area contributed by atoms with Crippen LogP contribution >= 0.6 is 0 Å². The molecule has 0 amide bonds. The number of hydrogen-bond acceptors (Lipinski definition) is 1. The molecule has 106 valence electrons. The summed E-state index contributed by atoms with van der Waals surface area (Å²) in [6.07, 6.45) is 4.95. The van der Waals surface area contributed by atoms with Crippen molar-refractivity contribution in [1.29, 1.82) is 0 Å². The van der Waals surface area contributed by atoms with Crippen LogP contribution in [0.1, 0.15) is 21.5 Å². The fourth-order valence-electron chi connectivity index (χ4n) is 2.48. The molecular weight excluding hydrogens is 268 g/mol. The molecule has 0 aliphatic heterocycles. The SMILES string of the molecule is O=Cc1c(/C=C/c2ccccc2)cccc1-c1ccccc1. The van der Waals surface area contributed by atoms with Crippen molar-refractivity contribution >= 4 is 18.4 Å². The Bertz CT molecular complexity index is 787. The Morgan fingerprint density at radius 1 is 0.636 bits per heavy atom. The number of rotatable bonds is 4.